The molecule has 0 aromatic carbocycles. The summed E-state index contributed by atoms with van der Waals surface area (Å²) in [5.41, 5.74) is 0. The molecule has 74 valence electrons. The molecule has 0 aliphatic rings. The van der Waals surface area contributed by atoms with Gasteiger partial charge in [0.05, 0.1) is 13.2 Å². The molecule has 0 saturated heterocycles. The van der Waals surface area contributed by atoms with E-state index in [1.54, 1.807) is 20.8 Å². The van der Waals surface area contributed by atoms with E-state index in [4.69, 9.17) is 13.8 Å². The van der Waals surface area contributed by atoms with Gasteiger partial charge in [-0.25, -0.2) is 0 Å². The Bertz CT molecular complexity index is 149. The third-order valence-corrected chi connectivity index (χ3v) is 3.74. The molecule has 0 bridgehead atoms. The highest BCUT2D eigenvalue weighted by Crippen LogP contribution is 2.52. The summed E-state index contributed by atoms with van der Waals surface area (Å²) in [5.74, 6) is -0.502. The first-order valence-corrected chi connectivity index (χ1v) is 5.63. The number of ether oxygens (including phenoxy) is 1. The topological polar surface area (TPSA) is 44.8 Å². The second kappa shape index (κ2) is 5.70. The van der Waals surface area contributed by atoms with Crippen molar-refractivity contribution >= 4 is 7.60 Å². The lowest BCUT2D eigenvalue weighted by atomic mass is 10.9. The van der Waals surface area contributed by atoms with Crippen LogP contribution in [0.4, 0.5) is 0 Å². The lowest BCUT2D eigenvalue weighted by Crippen LogP contribution is -2.11. The first kappa shape index (κ1) is 12.1. The molecule has 0 rings (SSSR count). The van der Waals surface area contributed by atoms with Crippen molar-refractivity contribution in [3.63, 3.8) is 0 Å². The van der Waals surface area contributed by atoms with Gasteiger partial charge in [0.1, 0.15) is 0 Å². The second-order valence-corrected chi connectivity index (χ2v) is 4.53. The zero-order valence-corrected chi connectivity index (χ0v) is 8.97. The Morgan fingerprint density at radius 1 is 1.25 bits per heavy atom. The normalized spacial score (nSPS) is 14.7. The molecule has 0 aromatic heterocycles. The van der Waals surface area contributed by atoms with Gasteiger partial charge in [0, 0.05) is 7.11 Å². The molecule has 0 aromatic rings. The van der Waals surface area contributed by atoms with Gasteiger partial charge >= 0.3 is 7.60 Å². The summed E-state index contributed by atoms with van der Waals surface area (Å²) in [5, 5.41) is 0. The molecule has 0 spiro atoms. The van der Waals surface area contributed by atoms with Crippen molar-refractivity contribution in [2.75, 3.05) is 20.3 Å². The van der Waals surface area contributed by atoms with Crippen LogP contribution in [-0.4, -0.2) is 26.2 Å². The van der Waals surface area contributed by atoms with Crippen molar-refractivity contribution in [1.82, 2.24) is 0 Å². The minimum absolute atomic E-state index is 0.366. The zero-order chi connectivity index (χ0) is 9.61. The largest absolute Gasteiger partial charge is 0.369 e. The van der Waals surface area contributed by atoms with E-state index >= 15 is 0 Å². The van der Waals surface area contributed by atoms with Crippen LogP contribution in [0.15, 0.2) is 0 Å². The van der Waals surface area contributed by atoms with Crippen LogP contribution in [0.25, 0.3) is 0 Å². The van der Waals surface area contributed by atoms with Crippen LogP contribution in [0.3, 0.4) is 0 Å². The van der Waals surface area contributed by atoms with Gasteiger partial charge in [-0.2, -0.15) is 0 Å². The molecular weight excluding hydrogens is 179 g/mol. The smallest absolute Gasteiger partial charge is 0.358 e. The lowest BCUT2D eigenvalue weighted by Gasteiger charge is -2.21. The van der Waals surface area contributed by atoms with Crippen molar-refractivity contribution in [2.45, 2.75) is 26.6 Å². The van der Waals surface area contributed by atoms with Gasteiger partial charge in [0.25, 0.3) is 0 Å². The van der Waals surface area contributed by atoms with Gasteiger partial charge < -0.3 is 13.8 Å². The maximum Gasteiger partial charge on any atom is 0.358 e. The first-order valence-electron chi connectivity index (χ1n) is 4.02. The number of hydrogen-bond acceptors (Lipinski definition) is 4. The van der Waals surface area contributed by atoms with Gasteiger partial charge in [0.15, 0.2) is 5.85 Å². The molecule has 4 nitrogen and oxygen atoms in total. The van der Waals surface area contributed by atoms with Crippen LogP contribution < -0.4 is 0 Å². The van der Waals surface area contributed by atoms with E-state index in [-0.39, 0.29) is 0 Å². The van der Waals surface area contributed by atoms with E-state index in [0.717, 1.165) is 0 Å². The predicted octanol–water partition coefficient (Wildman–Crippen LogP) is 2.24. The summed E-state index contributed by atoms with van der Waals surface area (Å²) in [7, 11) is -1.55. The number of methoxy groups -OCH3 is 1. The average molecular weight is 196 g/mol. The van der Waals surface area contributed by atoms with Gasteiger partial charge in [-0.3, -0.25) is 4.57 Å². The number of rotatable bonds is 6. The fourth-order valence-electron chi connectivity index (χ4n) is 0.736. The SMILES string of the molecule is CCOP(=O)(OCC)[C@@H](C)OC. The molecule has 0 aliphatic carbocycles. The predicted molar refractivity (Wildman–Crippen MR) is 47.3 cm³/mol. The molecule has 0 aliphatic heterocycles. The minimum Gasteiger partial charge on any atom is -0.369 e. The molecule has 0 heterocycles. The van der Waals surface area contributed by atoms with Crippen molar-refractivity contribution in [3.8, 4) is 0 Å². The highest BCUT2D eigenvalue weighted by atomic mass is 31.2. The fraction of sp³-hybridized carbons (Fsp3) is 1.00. The minimum atomic E-state index is -3.03. The molecule has 5 heteroatoms. The molecule has 0 N–H and O–H groups in total. The zero-order valence-electron chi connectivity index (χ0n) is 8.07. The van der Waals surface area contributed by atoms with Crippen LogP contribution in [0, 0.1) is 0 Å². The third kappa shape index (κ3) is 3.23. The van der Waals surface area contributed by atoms with Crippen molar-refractivity contribution in [2.24, 2.45) is 0 Å². The van der Waals surface area contributed by atoms with E-state index in [1.807, 2.05) is 0 Å². The Hall–Kier alpha value is 0.110. The van der Waals surface area contributed by atoms with Crippen LogP contribution >= 0.6 is 7.60 Å². The summed E-state index contributed by atoms with van der Waals surface area (Å²) in [4.78, 5) is 0. The molecule has 0 saturated carbocycles. The average Bonchev–Trinajstić information content (AvgIpc) is 2.04. The third-order valence-electron chi connectivity index (χ3n) is 1.40. The standard InChI is InChI=1S/C7H17O4P/c1-5-10-12(8,11-6-2)7(3)9-4/h7H,5-6H2,1-4H3/t7-/m0/s1. The lowest BCUT2D eigenvalue weighted by molar-refractivity contribution is 0.119. The van der Waals surface area contributed by atoms with E-state index < -0.39 is 13.4 Å². The maximum atomic E-state index is 11.8. The van der Waals surface area contributed by atoms with Gasteiger partial charge in [0.2, 0.25) is 0 Å². The van der Waals surface area contributed by atoms with Gasteiger partial charge in [-0.1, -0.05) is 0 Å². The van der Waals surface area contributed by atoms with E-state index in [9.17, 15) is 4.57 Å². The maximum absolute atomic E-state index is 11.8. The quantitative estimate of drug-likeness (QED) is 0.611. The van der Waals surface area contributed by atoms with Gasteiger partial charge in [-0.15, -0.1) is 0 Å². The molecule has 1 atom stereocenters. The van der Waals surface area contributed by atoms with Gasteiger partial charge in [-0.05, 0) is 20.8 Å². The molecule has 0 fully saturated rings. The van der Waals surface area contributed by atoms with E-state index in [1.165, 1.54) is 7.11 Å². The highest BCUT2D eigenvalue weighted by molar-refractivity contribution is 7.54. The Kier molecular flexibility index (Phi) is 5.76. The summed E-state index contributed by atoms with van der Waals surface area (Å²) < 4.78 is 26.7. The molecule has 12 heavy (non-hydrogen) atoms. The summed E-state index contributed by atoms with van der Waals surface area (Å²) in [6, 6.07) is 0. The monoisotopic (exact) mass is 196 g/mol. The summed E-state index contributed by atoms with van der Waals surface area (Å²) in [6.45, 7) is 5.95. The Labute approximate surface area is 73.7 Å². The second-order valence-electron chi connectivity index (χ2n) is 2.21. The van der Waals surface area contributed by atoms with Crippen LogP contribution in [0.1, 0.15) is 20.8 Å². The van der Waals surface area contributed by atoms with Crippen LogP contribution in [0.2, 0.25) is 0 Å². The van der Waals surface area contributed by atoms with E-state index in [0.29, 0.717) is 13.2 Å². The van der Waals surface area contributed by atoms with Crippen molar-refractivity contribution in [1.29, 1.82) is 0 Å². The van der Waals surface area contributed by atoms with Crippen molar-refractivity contribution in [3.05, 3.63) is 0 Å². The van der Waals surface area contributed by atoms with Crippen LogP contribution in [-0.2, 0) is 18.3 Å². The van der Waals surface area contributed by atoms with Crippen LogP contribution in [0.5, 0.6) is 0 Å². The summed E-state index contributed by atoms with van der Waals surface area (Å²) >= 11 is 0. The highest BCUT2D eigenvalue weighted by Gasteiger charge is 2.31. The Balaban J connectivity index is 4.27. The fourth-order valence-corrected chi connectivity index (χ4v) is 2.21. The molecule has 0 unspecified atom stereocenters. The first-order chi connectivity index (χ1) is 5.60. The number of hydrogen-bond donors (Lipinski definition) is 0. The Morgan fingerprint density at radius 2 is 1.67 bits per heavy atom. The molecule has 0 radical (unpaired) electrons. The summed E-state index contributed by atoms with van der Waals surface area (Å²) in [6.07, 6.45) is 0. The Morgan fingerprint density at radius 3 is 1.92 bits per heavy atom. The molecule has 0 amide bonds. The molecular formula is C7H17O4P. The van der Waals surface area contributed by atoms with E-state index in [2.05, 4.69) is 0 Å². The van der Waals surface area contributed by atoms with Crippen molar-refractivity contribution < 1.29 is 18.3 Å².